The van der Waals surface area contributed by atoms with Crippen LogP contribution in [0.4, 0.5) is 18.9 Å². The Hall–Kier alpha value is -3.55. The van der Waals surface area contributed by atoms with E-state index in [9.17, 15) is 18.0 Å². The van der Waals surface area contributed by atoms with Gasteiger partial charge in [0.05, 0.1) is 22.5 Å². The summed E-state index contributed by atoms with van der Waals surface area (Å²) in [6, 6.07) is 7.25. The van der Waals surface area contributed by atoms with Crippen molar-refractivity contribution in [1.82, 2.24) is 19.9 Å². The van der Waals surface area contributed by atoms with Gasteiger partial charge in [-0.1, -0.05) is 12.1 Å². The fraction of sp³-hybridized carbons (Fsp3) is 0.320. The van der Waals surface area contributed by atoms with Gasteiger partial charge in [0.2, 0.25) is 0 Å². The molecule has 1 saturated heterocycles. The average molecular weight is 467 g/mol. The number of anilines is 1. The number of benzene rings is 1. The van der Waals surface area contributed by atoms with Gasteiger partial charge in [0.1, 0.15) is 5.82 Å². The zero-order chi connectivity index (χ0) is 23.9. The lowest BCUT2D eigenvalue weighted by Crippen LogP contribution is -2.43. The van der Waals surface area contributed by atoms with E-state index in [1.807, 2.05) is 19.2 Å². The van der Waals surface area contributed by atoms with E-state index in [-0.39, 0.29) is 11.6 Å². The molecule has 4 heterocycles. The number of likely N-dealkylation sites (tertiary alicyclic amines) is 1. The van der Waals surface area contributed by atoms with Gasteiger partial charge in [-0.05, 0) is 44.0 Å². The molecule has 34 heavy (non-hydrogen) atoms. The maximum absolute atomic E-state index is 12.8. The van der Waals surface area contributed by atoms with Gasteiger partial charge in [0, 0.05) is 49.3 Å². The lowest BCUT2D eigenvalue weighted by molar-refractivity contribution is -0.137. The number of nitrogens with zero attached hydrogens (tertiary/aromatic N) is 3. The standard InChI is InChI=1S/C25H24F3N5O/c1-16-21(31-23(30-16)17-4-6-18(7-5-17)25(26,27)28)15-32-13-9-19(10-14-32)33-12-2-3-20-22(33)8-11-29-24(20)34/h3-8,11-12,19H,9-10,13-15H2,1H3,(H,29,34)(H,30,31). The second-order valence-electron chi connectivity index (χ2n) is 8.69. The molecular formula is C25H24F3N5O. The van der Waals surface area contributed by atoms with Crippen molar-refractivity contribution in [2.75, 3.05) is 18.0 Å². The van der Waals surface area contributed by atoms with E-state index in [2.05, 4.69) is 30.5 Å². The SMILES string of the molecule is Cc1[nH]c(-c2ccc(C(F)(F)F)cc2)nc1CN1CCC(N2C=C=Cc3c2cc[nH]c3=O)CC1. The van der Waals surface area contributed by atoms with E-state index >= 15 is 0 Å². The van der Waals surface area contributed by atoms with Crippen LogP contribution in [-0.4, -0.2) is 39.0 Å². The molecule has 6 nitrogen and oxygen atoms in total. The van der Waals surface area contributed by atoms with Crippen LogP contribution >= 0.6 is 0 Å². The smallest absolute Gasteiger partial charge is 0.342 e. The van der Waals surface area contributed by atoms with Crippen molar-refractivity contribution in [2.45, 2.75) is 38.5 Å². The first kappa shape index (κ1) is 22.3. The quantitative estimate of drug-likeness (QED) is 0.546. The molecule has 176 valence electrons. The molecule has 0 spiro atoms. The second-order valence-corrected chi connectivity index (χ2v) is 8.69. The summed E-state index contributed by atoms with van der Waals surface area (Å²) in [5, 5.41) is 0. The largest absolute Gasteiger partial charge is 0.416 e. The Morgan fingerprint density at radius 3 is 2.59 bits per heavy atom. The van der Waals surface area contributed by atoms with E-state index in [1.54, 1.807) is 12.3 Å². The Morgan fingerprint density at radius 1 is 1.15 bits per heavy atom. The molecule has 0 atom stereocenters. The van der Waals surface area contributed by atoms with E-state index in [4.69, 9.17) is 0 Å². The first-order chi connectivity index (χ1) is 16.3. The number of piperidine rings is 1. The summed E-state index contributed by atoms with van der Waals surface area (Å²) in [5.41, 5.74) is 6.27. The van der Waals surface area contributed by atoms with Gasteiger partial charge in [-0.25, -0.2) is 4.98 Å². The molecule has 0 radical (unpaired) electrons. The summed E-state index contributed by atoms with van der Waals surface area (Å²) in [6.45, 7) is 4.35. The third-order valence-electron chi connectivity index (χ3n) is 6.49. The minimum Gasteiger partial charge on any atom is -0.342 e. The third kappa shape index (κ3) is 4.32. The molecule has 9 heteroatoms. The van der Waals surface area contributed by atoms with Crippen molar-refractivity contribution in [3.05, 3.63) is 81.3 Å². The molecule has 2 aliphatic heterocycles. The number of aromatic nitrogens is 3. The third-order valence-corrected chi connectivity index (χ3v) is 6.49. The van der Waals surface area contributed by atoms with Crippen LogP contribution in [0.2, 0.25) is 0 Å². The van der Waals surface area contributed by atoms with Gasteiger partial charge in [-0.15, -0.1) is 5.73 Å². The molecule has 5 rings (SSSR count). The summed E-state index contributed by atoms with van der Waals surface area (Å²) in [7, 11) is 0. The number of alkyl halides is 3. The molecule has 1 aromatic carbocycles. The maximum Gasteiger partial charge on any atom is 0.416 e. The highest BCUT2D eigenvalue weighted by molar-refractivity contribution is 5.71. The highest BCUT2D eigenvalue weighted by Crippen LogP contribution is 2.31. The van der Waals surface area contributed by atoms with Crippen LogP contribution in [0.5, 0.6) is 0 Å². The minimum absolute atomic E-state index is 0.113. The monoisotopic (exact) mass is 467 g/mol. The van der Waals surface area contributed by atoms with Crippen molar-refractivity contribution >= 4 is 11.8 Å². The van der Waals surface area contributed by atoms with Crippen LogP contribution in [0, 0.1) is 6.92 Å². The second kappa shape index (κ2) is 8.66. The molecule has 0 bridgehead atoms. The van der Waals surface area contributed by atoms with Crippen LogP contribution in [0.25, 0.3) is 17.5 Å². The predicted molar refractivity (Wildman–Crippen MR) is 124 cm³/mol. The Kier molecular flexibility index (Phi) is 5.67. The molecule has 2 aliphatic rings. The van der Waals surface area contributed by atoms with Crippen LogP contribution < -0.4 is 10.5 Å². The van der Waals surface area contributed by atoms with E-state index < -0.39 is 11.7 Å². The fourth-order valence-corrected chi connectivity index (χ4v) is 4.59. The number of pyridine rings is 1. The average Bonchev–Trinajstić information content (AvgIpc) is 3.19. The Balaban J connectivity index is 1.24. The van der Waals surface area contributed by atoms with Gasteiger partial charge in [-0.2, -0.15) is 13.2 Å². The van der Waals surface area contributed by atoms with Crippen molar-refractivity contribution in [3.8, 4) is 11.4 Å². The number of nitrogens with one attached hydrogen (secondary N) is 2. The Labute approximate surface area is 194 Å². The van der Waals surface area contributed by atoms with Gasteiger partial charge in [-0.3, -0.25) is 9.69 Å². The number of H-pyrrole nitrogens is 2. The summed E-state index contributed by atoms with van der Waals surface area (Å²) in [6.07, 6.45) is 2.81. The Morgan fingerprint density at radius 2 is 1.88 bits per heavy atom. The van der Waals surface area contributed by atoms with E-state index in [0.29, 0.717) is 23.5 Å². The number of aryl methyl sites for hydroxylation is 1. The number of hydrogen-bond donors (Lipinski definition) is 2. The first-order valence-corrected chi connectivity index (χ1v) is 11.2. The summed E-state index contributed by atoms with van der Waals surface area (Å²) < 4.78 is 38.5. The van der Waals surface area contributed by atoms with Crippen molar-refractivity contribution in [3.63, 3.8) is 0 Å². The zero-order valence-corrected chi connectivity index (χ0v) is 18.6. The van der Waals surface area contributed by atoms with Crippen LogP contribution in [0.1, 0.15) is 35.4 Å². The lowest BCUT2D eigenvalue weighted by Gasteiger charge is -2.38. The molecule has 0 aliphatic carbocycles. The molecule has 0 unspecified atom stereocenters. The normalized spacial score (nSPS) is 16.8. The molecular weight excluding hydrogens is 443 g/mol. The summed E-state index contributed by atoms with van der Waals surface area (Å²) in [5.74, 6) is 0.572. The predicted octanol–water partition coefficient (Wildman–Crippen LogP) is 4.70. The van der Waals surface area contributed by atoms with Crippen molar-refractivity contribution in [1.29, 1.82) is 0 Å². The van der Waals surface area contributed by atoms with Gasteiger partial charge in [0.25, 0.3) is 5.56 Å². The number of rotatable bonds is 4. The number of fused-ring (bicyclic) bond motifs is 1. The number of hydrogen-bond acceptors (Lipinski definition) is 4. The van der Waals surface area contributed by atoms with Gasteiger partial charge in [0.15, 0.2) is 0 Å². The van der Waals surface area contributed by atoms with Crippen molar-refractivity contribution in [2.24, 2.45) is 0 Å². The van der Waals surface area contributed by atoms with Crippen molar-refractivity contribution < 1.29 is 13.2 Å². The van der Waals surface area contributed by atoms with Gasteiger partial charge < -0.3 is 14.9 Å². The fourth-order valence-electron chi connectivity index (χ4n) is 4.59. The number of imidazole rings is 1. The highest BCUT2D eigenvalue weighted by atomic mass is 19.4. The molecule has 0 amide bonds. The number of halogens is 3. The zero-order valence-electron chi connectivity index (χ0n) is 18.6. The lowest BCUT2D eigenvalue weighted by atomic mass is 10.0. The topological polar surface area (TPSA) is 68.0 Å². The van der Waals surface area contributed by atoms with Crippen LogP contribution in [0.15, 0.2) is 53.3 Å². The minimum atomic E-state index is -4.35. The summed E-state index contributed by atoms with van der Waals surface area (Å²) in [4.78, 5) is 27.2. The molecule has 2 N–H and O–H groups in total. The first-order valence-electron chi connectivity index (χ1n) is 11.2. The molecule has 1 fully saturated rings. The number of aromatic amines is 2. The molecule has 0 saturated carbocycles. The summed E-state index contributed by atoms with van der Waals surface area (Å²) >= 11 is 0. The maximum atomic E-state index is 12.8. The molecule has 2 aromatic heterocycles. The van der Waals surface area contributed by atoms with E-state index in [0.717, 1.165) is 55.1 Å². The highest BCUT2D eigenvalue weighted by Gasteiger charge is 2.30. The van der Waals surface area contributed by atoms with Gasteiger partial charge >= 0.3 is 6.18 Å². The van der Waals surface area contributed by atoms with Crippen LogP contribution in [0.3, 0.4) is 0 Å². The van der Waals surface area contributed by atoms with Crippen LogP contribution in [-0.2, 0) is 12.7 Å². The molecule has 3 aromatic rings. The Bertz CT molecular complexity index is 1310. The van der Waals surface area contributed by atoms with E-state index in [1.165, 1.54) is 12.1 Å².